The standard InChI is InChI=1S/C14H25N5O2/c1-4-10-21-14-17-12(15-3)16-13(18-14)19-8-6-11(7-9-19)20-5-2/h11H,4-10H2,1-3H3,(H,15,16,17,18). The molecule has 0 aliphatic carbocycles. The maximum atomic E-state index is 5.67. The Labute approximate surface area is 126 Å². The van der Waals surface area contributed by atoms with Crippen LogP contribution < -0.4 is 15.0 Å². The van der Waals surface area contributed by atoms with Crippen LogP contribution in [0.3, 0.4) is 0 Å². The molecule has 2 heterocycles. The van der Waals surface area contributed by atoms with Crippen LogP contribution in [-0.4, -0.2) is 54.4 Å². The molecule has 0 bridgehead atoms. The zero-order valence-corrected chi connectivity index (χ0v) is 13.1. The average Bonchev–Trinajstić information content (AvgIpc) is 2.53. The summed E-state index contributed by atoms with van der Waals surface area (Å²) in [5.74, 6) is 1.22. The number of rotatable bonds is 7. The fourth-order valence-corrected chi connectivity index (χ4v) is 2.32. The predicted molar refractivity (Wildman–Crippen MR) is 82.0 cm³/mol. The molecule has 1 saturated heterocycles. The van der Waals surface area contributed by atoms with E-state index in [1.165, 1.54) is 0 Å². The van der Waals surface area contributed by atoms with Crippen molar-refractivity contribution in [3.63, 3.8) is 0 Å². The van der Waals surface area contributed by atoms with Crippen LogP contribution in [0.1, 0.15) is 33.1 Å². The average molecular weight is 295 g/mol. The summed E-state index contributed by atoms with van der Waals surface area (Å²) in [5, 5.41) is 2.96. The van der Waals surface area contributed by atoms with E-state index in [-0.39, 0.29) is 0 Å². The maximum Gasteiger partial charge on any atom is 0.323 e. The second-order valence-corrected chi connectivity index (χ2v) is 4.98. The van der Waals surface area contributed by atoms with Gasteiger partial charge in [-0.3, -0.25) is 0 Å². The van der Waals surface area contributed by atoms with Gasteiger partial charge >= 0.3 is 6.01 Å². The third-order valence-corrected chi connectivity index (χ3v) is 3.39. The first-order valence-electron chi connectivity index (χ1n) is 7.70. The number of piperidine rings is 1. The number of ether oxygens (including phenoxy) is 2. The molecule has 1 aliphatic rings. The number of aromatic nitrogens is 3. The van der Waals surface area contributed by atoms with Crippen molar-refractivity contribution in [3.8, 4) is 6.01 Å². The summed E-state index contributed by atoms with van der Waals surface area (Å²) >= 11 is 0. The summed E-state index contributed by atoms with van der Waals surface area (Å²) in [6.07, 6.45) is 3.28. The number of nitrogens with zero attached hydrogens (tertiary/aromatic N) is 4. The third kappa shape index (κ3) is 4.42. The molecule has 0 unspecified atom stereocenters. The molecular weight excluding hydrogens is 270 g/mol. The number of hydrogen-bond acceptors (Lipinski definition) is 7. The molecule has 1 aliphatic heterocycles. The van der Waals surface area contributed by atoms with Gasteiger partial charge in [-0.2, -0.15) is 15.0 Å². The topological polar surface area (TPSA) is 72.4 Å². The molecule has 0 aromatic carbocycles. The highest BCUT2D eigenvalue weighted by Gasteiger charge is 2.22. The van der Waals surface area contributed by atoms with Crippen molar-refractivity contribution in [3.05, 3.63) is 0 Å². The van der Waals surface area contributed by atoms with Gasteiger partial charge in [0, 0.05) is 26.7 Å². The molecule has 21 heavy (non-hydrogen) atoms. The molecule has 1 aromatic heterocycles. The summed E-state index contributed by atoms with van der Waals surface area (Å²) in [4.78, 5) is 15.2. The Morgan fingerprint density at radius 3 is 2.57 bits per heavy atom. The van der Waals surface area contributed by atoms with Crippen molar-refractivity contribution in [2.45, 2.75) is 39.2 Å². The maximum absolute atomic E-state index is 5.67. The van der Waals surface area contributed by atoms with Crippen molar-refractivity contribution in [1.29, 1.82) is 0 Å². The molecule has 7 heteroatoms. The lowest BCUT2D eigenvalue weighted by Gasteiger charge is -2.31. The molecule has 0 radical (unpaired) electrons. The van der Waals surface area contributed by atoms with Crippen molar-refractivity contribution in [2.24, 2.45) is 0 Å². The Bertz CT molecular complexity index is 435. The van der Waals surface area contributed by atoms with E-state index in [9.17, 15) is 0 Å². The Morgan fingerprint density at radius 2 is 1.95 bits per heavy atom. The Balaban J connectivity index is 2.04. The van der Waals surface area contributed by atoms with Crippen LogP contribution in [0.25, 0.3) is 0 Å². The van der Waals surface area contributed by atoms with E-state index in [1.807, 2.05) is 6.92 Å². The molecule has 0 amide bonds. The predicted octanol–water partition coefficient (Wildman–Crippen LogP) is 1.71. The van der Waals surface area contributed by atoms with E-state index in [4.69, 9.17) is 9.47 Å². The molecule has 1 fully saturated rings. The summed E-state index contributed by atoms with van der Waals surface area (Å²) in [6.45, 7) is 7.26. The molecule has 7 nitrogen and oxygen atoms in total. The summed E-state index contributed by atoms with van der Waals surface area (Å²) in [7, 11) is 1.80. The van der Waals surface area contributed by atoms with Gasteiger partial charge in [0.1, 0.15) is 0 Å². The van der Waals surface area contributed by atoms with Gasteiger partial charge in [0.2, 0.25) is 11.9 Å². The minimum atomic E-state index is 0.354. The van der Waals surface area contributed by atoms with Gasteiger partial charge in [-0.1, -0.05) is 6.92 Å². The minimum absolute atomic E-state index is 0.354. The molecule has 0 saturated carbocycles. The van der Waals surface area contributed by atoms with Crippen LogP contribution in [0, 0.1) is 0 Å². The molecule has 0 spiro atoms. The first-order chi connectivity index (χ1) is 10.3. The van der Waals surface area contributed by atoms with Crippen LogP contribution in [0.5, 0.6) is 6.01 Å². The van der Waals surface area contributed by atoms with Gasteiger partial charge in [-0.15, -0.1) is 0 Å². The second kappa shape index (κ2) is 7.97. The fraction of sp³-hybridized carbons (Fsp3) is 0.786. The quantitative estimate of drug-likeness (QED) is 0.821. The lowest BCUT2D eigenvalue weighted by atomic mass is 10.1. The van der Waals surface area contributed by atoms with E-state index >= 15 is 0 Å². The SMILES string of the molecule is CCCOc1nc(NC)nc(N2CCC(OCC)CC2)n1. The van der Waals surface area contributed by atoms with Crippen LogP contribution in [0.2, 0.25) is 0 Å². The number of nitrogens with one attached hydrogen (secondary N) is 1. The summed E-state index contributed by atoms with van der Waals surface area (Å²) in [6, 6.07) is 0.387. The normalized spacial score (nSPS) is 16.0. The molecule has 0 atom stereocenters. The zero-order valence-electron chi connectivity index (χ0n) is 13.1. The highest BCUT2D eigenvalue weighted by molar-refractivity contribution is 5.38. The molecule has 1 aromatic rings. The van der Waals surface area contributed by atoms with Gasteiger partial charge in [-0.25, -0.2) is 0 Å². The van der Waals surface area contributed by atoms with Gasteiger partial charge in [0.15, 0.2) is 0 Å². The van der Waals surface area contributed by atoms with E-state index in [0.717, 1.165) is 39.0 Å². The van der Waals surface area contributed by atoms with Crippen LogP contribution in [0.4, 0.5) is 11.9 Å². The summed E-state index contributed by atoms with van der Waals surface area (Å²) in [5.41, 5.74) is 0. The van der Waals surface area contributed by atoms with E-state index in [0.29, 0.717) is 30.6 Å². The fourth-order valence-electron chi connectivity index (χ4n) is 2.32. The number of hydrogen-bond donors (Lipinski definition) is 1. The minimum Gasteiger partial charge on any atom is -0.463 e. The van der Waals surface area contributed by atoms with Crippen molar-refractivity contribution < 1.29 is 9.47 Å². The van der Waals surface area contributed by atoms with Gasteiger partial charge in [0.05, 0.1) is 12.7 Å². The molecule has 118 valence electrons. The van der Waals surface area contributed by atoms with Crippen LogP contribution in [0.15, 0.2) is 0 Å². The Kier molecular flexibility index (Phi) is 5.98. The summed E-state index contributed by atoms with van der Waals surface area (Å²) < 4.78 is 11.2. The van der Waals surface area contributed by atoms with Crippen LogP contribution >= 0.6 is 0 Å². The zero-order chi connectivity index (χ0) is 15.1. The van der Waals surface area contributed by atoms with E-state index in [2.05, 4.69) is 32.1 Å². The van der Waals surface area contributed by atoms with Gasteiger partial charge in [-0.05, 0) is 26.2 Å². The van der Waals surface area contributed by atoms with Crippen molar-refractivity contribution in [2.75, 3.05) is 43.6 Å². The lowest BCUT2D eigenvalue weighted by Crippen LogP contribution is -2.38. The highest BCUT2D eigenvalue weighted by atomic mass is 16.5. The Morgan fingerprint density at radius 1 is 1.19 bits per heavy atom. The largest absolute Gasteiger partial charge is 0.463 e. The first kappa shape index (κ1) is 15.8. The Hall–Kier alpha value is -1.63. The molecular formula is C14H25N5O2. The van der Waals surface area contributed by atoms with Crippen molar-refractivity contribution >= 4 is 11.9 Å². The monoisotopic (exact) mass is 295 g/mol. The molecule has 2 rings (SSSR count). The number of anilines is 2. The third-order valence-electron chi connectivity index (χ3n) is 3.39. The lowest BCUT2D eigenvalue weighted by molar-refractivity contribution is 0.0457. The van der Waals surface area contributed by atoms with Crippen molar-refractivity contribution in [1.82, 2.24) is 15.0 Å². The first-order valence-corrected chi connectivity index (χ1v) is 7.70. The van der Waals surface area contributed by atoms with Crippen LogP contribution in [-0.2, 0) is 4.74 Å². The second-order valence-electron chi connectivity index (χ2n) is 4.98. The van der Waals surface area contributed by atoms with Gasteiger partial charge in [0.25, 0.3) is 0 Å². The van der Waals surface area contributed by atoms with E-state index in [1.54, 1.807) is 7.05 Å². The molecule has 1 N–H and O–H groups in total. The van der Waals surface area contributed by atoms with Gasteiger partial charge < -0.3 is 19.7 Å². The van der Waals surface area contributed by atoms with E-state index < -0.39 is 0 Å². The smallest absolute Gasteiger partial charge is 0.323 e. The highest BCUT2D eigenvalue weighted by Crippen LogP contribution is 2.20.